The van der Waals surface area contributed by atoms with Crippen molar-refractivity contribution in [3.8, 4) is 0 Å². The minimum atomic E-state index is 0.316. The fraction of sp³-hybridized carbons (Fsp3) is 0.571. The molecule has 1 N–H and O–H groups in total. The van der Waals surface area contributed by atoms with Crippen LogP contribution in [0.25, 0.3) is 0 Å². The van der Waals surface area contributed by atoms with Crippen LogP contribution in [0.3, 0.4) is 0 Å². The molecule has 1 nitrogen and oxygen atoms in total. The zero-order valence-electron chi connectivity index (χ0n) is 9.23. The molecule has 82 valence electrons. The Bertz CT molecular complexity index is 275. The summed E-state index contributed by atoms with van der Waals surface area (Å²) in [6, 6.07) is 10.7. The molecule has 1 aliphatic rings. The average Bonchev–Trinajstić information content (AvgIpc) is 2.80. The predicted molar refractivity (Wildman–Crippen MR) is 62.8 cm³/mol. The van der Waals surface area contributed by atoms with Crippen molar-refractivity contribution in [3.05, 3.63) is 35.9 Å². The SMILES string of the molecule is OCC[C@@H](c1ccccc1)C1CCCC1. The van der Waals surface area contributed by atoms with Gasteiger partial charge in [0.1, 0.15) is 0 Å². The number of hydrogen-bond acceptors (Lipinski definition) is 1. The van der Waals surface area contributed by atoms with E-state index in [0.29, 0.717) is 12.5 Å². The molecular formula is C14H20O. The molecule has 1 aliphatic carbocycles. The molecule has 0 aromatic heterocycles. The Morgan fingerprint density at radius 1 is 1.13 bits per heavy atom. The summed E-state index contributed by atoms with van der Waals surface area (Å²) in [5.41, 5.74) is 1.42. The molecule has 0 amide bonds. The third-order valence-corrected chi connectivity index (χ3v) is 3.64. The predicted octanol–water partition coefficient (Wildman–Crippen LogP) is 3.34. The molecule has 0 radical (unpaired) electrons. The van der Waals surface area contributed by atoms with Crippen LogP contribution in [0.4, 0.5) is 0 Å². The number of aliphatic hydroxyl groups excluding tert-OH is 1. The maximum atomic E-state index is 9.16. The number of hydrogen-bond donors (Lipinski definition) is 1. The second kappa shape index (κ2) is 5.32. The van der Waals surface area contributed by atoms with Crippen molar-refractivity contribution >= 4 is 0 Å². The maximum Gasteiger partial charge on any atom is 0.0436 e. The van der Waals surface area contributed by atoms with Gasteiger partial charge in [0.2, 0.25) is 0 Å². The van der Waals surface area contributed by atoms with Crippen LogP contribution in [0.1, 0.15) is 43.6 Å². The van der Waals surface area contributed by atoms with Crippen molar-refractivity contribution in [1.29, 1.82) is 0 Å². The Morgan fingerprint density at radius 3 is 2.40 bits per heavy atom. The number of rotatable bonds is 4. The molecule has 0 saturated heterocycles. The number of benzene rings is 1. The van der Waals surface area contributed by atoms with E-state index in [0.717, 1.165) is 12.3 Å². The number of aliphatic hydroxyl groups is 1. The van der Waals surface area contributed by atoms with Gasteiger partial charge in [-0.25, -0.2) is 0 Å². The lowest BCUT2D eigenvalue weighted by Gasteiger charge is -2.23. The Hall–Kier alpha value is -0.820. The van der Waals surface area contributed by atoms with Gasteiger partial charge in [-0.05, 0) is 36.7 Å². The summed E-state index contributed by atoms with van der Waals surface area (Å²) in [6.45, 7) is 0.316. The van der Waals surface area contributed by atoms with Crippen LogP contribution in [0, 0.1) is 5.92 Å². The van der Waals surface area contributed by atoms with E-state index in [4.69, 9.17) is 5.11 Å². The quantitative estimate of drug-likeness (QED) is 0.797. The molecule has 1 atom stereocenters. The van der Waals surface area contributed by atoms with Crippen molar-refractivity contribution in [2.24, 2.45) is 5.92 Å². The van der Waals surface area contributed by atoms with E-state index in [1.165, 1.54) is 31.2 Å². The lowest BCUT2D eigenvalue weighted by molar-refractivity contribution is 0.254. The van der Waals surface area contributed by atoms with Crippen molar-refractivity contribution in [3.63, 3.8) is 0 Å². The first-order chi connectivity index (χ1) is 7.42. The summed E-state index contributed by atoms with van der Waals surface area (Å²) >= 11 is 0. The standard InChI is InChI=1S/C14H20O/c15-11-10-14(13-8-4-5-9-13)12-6-2-1-3-7-12/h1-3,6-7,13-15H,4-5,8-11H2/t14-/m0/s1. The first-order valence-corrected chi connectivity index (χ1v) is 6.07. The second-order valence-electron chi connectivity index (χ2n) is 4.57. The summed E-state index contributed by atoms with van der Waals surface area (Å²) in [5, 5.41) is 9.16. The topological polar surface area (TPSA) is 20.2 Å². The highest BCUT2D eigenvalue weighted by Crippen LogP contribution is 2.38. The summed E-state index contributed by atoms with van der Waals surface area (Å²) < 4.78 is 0. The third-order valence-electron chi connectivity index (χ3n) is 3.64. The Balaban J connectivity index is 2.11. The minimum Gasteiger partial charge on any atom is -0.396 e. The molecule has 0 spiro atoms. The summed E-state index contributed by atoms with van der Waals surface area (Å²) in [6.07, 6.45) is 6.37. The van der Waals surface area contributed by atoms with E-state index >= 15 is 0 Å². The molecule has 1 aromatic rings. The molecular weight excluding hydrogens is 184 g/mol. The van der Waals surface area contributed by atoms with Gasteiger partial charge >= 0.3 is 0 Å². The van der Waals surface area contributed by atoms with E-state index in [-0.39, 0.29) is 0 Å². The largest absolute Gasteiger partial charge is 0.396 e. The third kappa shape index (κ3) is 2.60. The fourth-order valence-electron chi connectivity index (χ4n) is 2.87. The highest BCUT2D eigenvalue weighted by molar-refractivity contribution is 5.20. The van der Waals surface area contributed by atoms with E-state index in [9.17, 15) is 0 Å². The van der Waals surface area contributed by atoms with Gasteiger partial charge < -0.3 is 5.11 Å². The van der Waals surface area contributed by atoms with Gasteiger partial charge in [0.15, 0.2) is 0 Å². The zero-order valence-corrected chi connectivity index (χ0v) is 9.23. The smallest absolute Gasteiger partial charge is 0.0436 e. The zero-order chi connectivity index (χ0) is 10.5. The van der Waals surface area contributed by atoms with E-state index in [1.807, 2.05) is 0 Å². The van der Waals surface area contributed by atoms with Gasteiger partial charge in [-0.2, -0.15) is 0 Å². The van der Waals surface area contributed by atoms with Crippen LogP contribution in [0.2, 0.25) is 0 Å². The van der Waals surface area contributed by atoms with Crippen LogP contribution >= 0.6 is 0 Å². The van der Waals surface area contributed by atoms with Gasteiger partial charge in [-0.3, -0.25) is 0 Å². The van der Waals surface area contributed by atoms with Crippen LogP contribution in [-0.4, -0.2) is 11.7 Å². The van der Waals surface area contributed by atoms with Crippen molar-refractivity contribution in [2.45, 2.75) is 38.0 Å². The highest BCUT2D eigenvalue weighted by atomic mass is 16.3. The van der Waals surface area contributed by atoms with Gasteiger partial charge in [-0.1, -0.05) is 43.2 Å². The minimum absolute atomic E-state index is 0.316. The fourth-order valence-corrected chi connectivity index (χ4v) is 2.87. The van der Waals surface area contributed by atoms with Crippen molar-refractivity contribution < 1.29 is 5.11 Å². The molecule has 15 heavy (non-hydrogen) atoms. The monoisotopic (exact) mass is 204 g/mol. The molecule has 1 heteroatoms. The van der Waals surface area contributed by atoms with Crippen LogP contribution in [-0.2, 0) is 0 Å². The molecule has 2 rings (SSSR count). The second-order valence-corrected chi connectivity index (χ2v) is 4.57. The van der Waals surface area contributed by atoms with E-state index in [1.54, 1.807) is 0 Å². The average molecular weight is 204 g/mol. The first-order valence-electron chi connectivity index (χ1n) is 6.07. The van der Waals surface area contributed by atoms with Crippen LogP contribution in [0.5, 0.6) is 0 Å². The highest BCUT2D eigenvalue weighted by Gasteiger charge is 2.25. The van der Waals surface area contributed by atoms with Crippen molar-refractivity contribution in [2.75, 3.05) is 6.61 Å². The molecule has 0 bridgehead atoms. The van der Waals surface area contributed by atoms with Gasteiger partial charge in [0, 0.05) is 6.61 Å². The molecule has 1 fully saturated rings. The van der Waals surface area contributed by atoms with E-state index < -0.39 is 0 Å². The molecule has 0 heterocycles. The lowest BCUT2D eigenvalue weighted by atomic mass is 9.83. The normalized spacial score (nSPS) is 19.3. The molecule has 1 aromatic carbocycles. The van der Waals surface area contributed by atoms with E-state index in [2.05, 4.69) is 30.3 Å². The van der Waals surface area contributed by atoms with Crippen LogP contribution in [0.15, 0.2) is 30.3 Å². The lowest BCUT2D eigenvalue weighted by Crippen LogP contribution is -2.11. The summed E-state index contributed by atoms with van der Waals surface area (Å²) in [7, 11) is 0. The molecule has 0 unspecified atom stereocenters. The summed E-state index contributed by atoms with van der Waals surface area (Å²) in [4.78, 5) is 0. The first kappa shape index (κ1) is 10.7. The maximum absolute atomic E-state index is 9.16. The molecule has 1 saturated carbocycles. The van der Waals surface area contributed by atoms with Gasteiger partial charge in [0.05, 0.1) is 0 Å². The van der Waals surface area contributed by atoms with Crippen LogP contribution < -0.4 is 0 Å². The van der Waals surface area contributed by atoms with Crippen molar-refractivity contribution in [1.82, 2.24) is 0 Å². The Labute approximate surface area is 92.1 Å². The van der Waals surface area contributed by atoms with Gasteiger partial charge in [-0.15, -0.1) is 0 Å². The Kier molecular flexibility index (Phi) is 3.79. The molecule has 0 aliphatic heterocycles. The van der Waals surface area contributed by atoms with Gasteiger partial charge in [0.25, 0.3) is 0 Å². The Morgan fingerprint density at radius 2 is 1.80 bits per heavy atom. The summed E-state index contributed by atoms with van der Waals surface area (Å²) in [5.74, 6) is 1.39.